The number of nitrogen functional groups attached to an aromatic ring is 1. The van der Waals surface area contributed by atoms with Crippen molar-refractivity contribution in [3.05, 3.63) is 46.4 Å². The number of nitrogens with two attached hydrogens (primary N) is 1. The summed E-state index contributed by atoms with van der Waals surface area (Å²) in [5, 5.41) is 7.22. The zero-order valence-electron chi connectivity index (χ0n) is 12.2. The number of anilines is 1. The second-order valence-corrected chi connectivity index (χ2v) is 5.88. The van der Waals surface area contributed by atoms with Crippen molar-refractivity contribution in [1.29, 1.82) is 0 Å². The van der Waals surface area contributed by atoms with Crippen LogP contribution in [0.5, 0.6) is 0 Å². The fourth-order valence-corrected chi connectivity index (χ4v) is 2.86. The number of carbonyl (C=O) groups is 1. The van der Waals surface area contributed by atoms with E-state index in [1.165, 1.54) is 16.0 Å². The third-order valence-corrected chi connectivity index (χ3v) is 4.10. The second-order valence-electron chi connectivity index (χ2n) is 4.61. The van der Waals surface area contributed by atoms with Crippen molar-refractivity contribution in [2.45, 2.75) is 6.92 Å². The highest BCUT2D eigenvalue weighted by Crippen LogP contribution is 2.25. The van der Waals surface area contributed by atoms with Crippen LogP contribution in [0.15, 0.2) is 35.7 Å². The van der Waals surface area contributed by atoms with E-state index >= 15 is 0 Å². The Morgan fingerprint density at radius 3 is 2.83 bits per heavy atom. The van der Waals surface area contributed by atoms with Gasteiger partial charge in [0, 0.05) is 22.0 Å². The molecule has 0 saturated heterocycles. The van der Waals surface area contributed by atoms with Crippen LogP contribution in [-0.2, 0) is 4.74 Å². The maximum atomic E-state index is 11.7. The van der Waals surface area contributed by atoms with Crippen LogP contribution in [0.1, 0.15) is 17.4 Å². The molecule has 0 amide bonds. The molecule has 3 aromatic rings. The van der Waals surface area contributed by atoms with Crippen LogP contribution in [0.2, 0.25) is 5.02 Å². The maximum Gasteiger partial charge on any atom is 0.357 e. The van der Waals surface area contributed by atoms with Crippen LogP contribution in [0.25, 0.3) is 16.4 Å². The summed E-state index contributed by atoms with van der Waals surface area (Å²) >= 11 is 7.16. The fraction of sp³-hybridized carbons (Fsp3) is 0.133. The Kier molecular flexibility index (Phi) is 4.31. The van der Waals surface area contributed by atoms with Crippen molar-refractivity contribution in [3.8, 4) is 16.4 Å². The Morgan fingerprint density at radius 2 is 2.13 bits per heavy atom. The summed E-state index contributed by atoms with van der Waals surface area (Å²) in [5.74, 6) is -0.0293. The highest BCUT2D eigenvalue weighted by Gasteiger charge is 2.16. The molecule has 0 aliphatic carbocycles. The van der Waals surface area contributed by atoms with Gasteiger partial charge in [0.05, 0.1) is 12.3 Å². The third-order valence-electron chi connectivity index (χ3n) is 3.03. The molecular weight excluding hydrogens is 336 g/mol. The molecule has 23 heavy (non-hydrogen) atoms. The van der Waals surface area contributed by atoms with E-state index in [9.17, 15) is 4.79 Å². The van der Waals surface area contributed by atoms with Crippen molar-refractivity contribution in [2.24, 2.45) is 0 Å². The first-order chi connectivity index (χ1) is 11.1. The van der Waals surface area contributed by atoms with E-state index in [0.29, 0.717) is 28.3 Å². The SMILES string of the molecule is CCOC(=O)c1csc(-n2nc(-c3ccc(Cl)cc3)cc2N)n1. The first kappa shape index (κ1) is 15.5. The first-order valence-corrected chi connectivity index (χ1v) is 8.08. The number of ether oxygens (including phenoxy) is 1. The van der Waals surface area contributed by atoms with Gasteiger partial charge in [-0.25, -0.2) is 9.78 Å². The average molecular weight is 349 g/mol. The van der Waals surface area contributed by atoms with Gasteiger partial charge in [0.1, 0.15) is 5.82 Å². The van der Waals surface area contributed by atoms with E-state index in [2.05, 4.69) is 10.1 Å². The van der Waals surface area contributed by atoms with Gasteiger partial charge in [-0.05, 0) is 19.1 Å². The lowest BCUT2D eigenvalue weighted by Gasteiger charge is -1.99. The summed E-state index contributed by atoms with van der Waals surface area (Å²) in [6.45, 7) is 2.05. The largest absolute Gasteiger partial charge is 0.461 e. The van der Waals surface area contributed by atoms with Crippen molar-refractivity contribution in [2.75, 3.05) is 12.3 Å². The van der Waals surface area contributed by atoms with Gasteiger partial charge in [0.15, 0.2) is 5.69 Å². The summed E-state index contributed by atoms with van der Waals surface area (Å²) in [5.41, 5.74) is 7.85. The van der Waals surface area contributed by atoms with Crippen LogP contribution in [0.4, 0.5) is 5.82 Å². The van der Waals surface area contributed by atoms with Gasteiger partial charge in [0.2, 0.25) is 5.13 Å². The van der Waals surface area contributed by atoms with E-state index in [4.69, 9.17) is 22.1 Å². The molecule has 2 aromatic heterocycles. The fourth-order valence-electron chi connectivity index (χ4n) is 1.97. The predicted molar refractivity (Wildman–Crippen MR) is 90.1 cm³/mol. The average Bonchev–Trinajstić information content (AvgIpc) is 3.15. The van der Waals surface area contributed by atoms with Gasteiger partial charge in [-0.15, -0.1) is 11.3 Å². The van der Waals surface area contributed by atoms with E-state index in [1.54, 1.807) is 30.5 Å². The number of hydrogen-bond acceptors (Lipinski definition) is 6. The summed E-state index contributed by atoms with van der Waals surface area (Å²) in [6.07, 6.45) is 0. The molecule has 0 saturated carbocycles. The molecule has 6 nitrogen and oxygen atoms in total. The highest BCUT2D eigenvalue weighted by atomic mass is 35.5. The normalized spacial score (nSPS) is 10.7. The number of carbonyl (C=O) groups excluding carboxylic acids is 1. The summed E-state index contributed by atoms with van der Waals surface area (Å²) in [6, 6.07) is 9.04. The number of esters is 1. The standard InChI is InChI=1S/C15H13ClN4O2S/c1-2-22-14(21)12-8-23-15(18-12)20-13(17)7-11(19-20)9-3-5-10(16)6-4-9/h3-8H,2,17H2,1H3. The van der Waals surface area contributed by atoms with Gasteiger partial charge in [-0.2, -0.15) is 9.78 Å². The van der Waals surface area contributed by atoms with Crippen LogP contribution < -0.4 is 5.73 Å². The lowest BCUT2D eigenvalue weighted by atomic mass is 10.1. The van der Waals surface area contributed by atoms with Gasteiger partial charge in [0.25, 0.3) is 0 Å². The monoisotopic (exact) mass is 348 g/mol. The predicted octanol–water partition coefficient (Wildman–Crippen LogP) is 3.41. The molecule has 2 N–H and O–H groups in total. The number of hydrogen-bond donors (Lipinski definition) is 1. The minimum absolute atomic E-state index is 0.245. The van der Waals surface area contributed by atoms with Crippen LogP contribution in [0, 0.1) is 0 Å². The van der Waals surface area contributed by atoms with Crippen LogP contribution in [0.3, 0.4) is 0 Å². The van der Waals surface area contributed by atoms with Crippen molar-refractivity contribution >= 4 is 34.7 Å². The molecule has 2 heterocycles. The molecule has 0 atom stereocenters. The maximum absolute atomic E-state index is 11.7. The number of benzene rings is 1. The summed E-state index contributed by atoms with van der Waals surface area (Å²) in [4.78, 5) is 15.9. The third kappa shape index (κ3) is 3.20. The van der Waals surface area contributed by atoms with E-state index < -0.39 is 5.97 Å². The minimum Gasteiger partial charge on any atom is -0.461 e. The van der Waals surface area contributed by atoms with E-state index in [1.807, 2.05) is 12.1 Å². The Bertz CT molecular complexity index is 842. The molecule has 118 valence electrons. The molecule has 0 aliphatic rings. The van der Waals surface area contributed by atoms with Gasteiger partial charge < -0.3 is 10.5 Å². The quantitative estimate of drug-likeness (QED) is 0.730. The topological polar surface area (TPSA) is 83.0 Å². The van der Waals surface area contributed by atoms with Gasteiger partial charge in [-0.3, -0.25) is 0 Å². The van der Waals surface area contributed by atoms with Gasteiger partial charge in [-0.1, -0.05) is 23.7 Å². The molecular formula is C15H13ClN4O2S. The van der Waals surface area contributed by atoms with E-state index in [-0.39, 0.29) is 5.69 Å². The first-order valence-electron chi connectivity index (χ1n) is 6.83. The summed E-state index contributed by atoms with van der Waals surface area (Å²) in [7, 11) is 0. The van der Waals surface area contributed by atoms with Crippen LogP contribution in [-0.4, -0.2) is 27.3 Å². The molecule has 3 rings (SSSR count). The Morgan fingerprint density at radius 1 is 1.39 bits per heavy atom. The number of aromatic nitrogens is 3. The van der Waals surface area contributed by atoms with Gasteiger partial charge >= 0.3 is 5.97 Å². The lowest BCUT2D eigenvalue weighted by molar-refractivity contribution is 0.0520. The second kappa shape index (κ2) is 6.39. The molecule has 8 heteroatoms. The Hall–Kier alpha value is -2.38. The molecule has 0 bridgehead atoms. The van der Waals surface area contributed by atoms with Crippen molar-refractivity contribution < 1.29 is 9.53 Å². The number of thiazole rings is 1. The van der Waals surface area contributed by atoms with Crippen molar-refractivity contribution in [1.82, 2.24) is 14.8 Å². The Balaban J connectivity index is 1.92. The van der Waals surface area contributed by atoms with Crippen molar-refractivity contribution in [3.63, 3.8) is 0 Å². The molecule has 1 aromatic carbocycles. The lowest BCUT2D eigenvalue weighted by Crippen LogP contribution is -2.06. The van der Waals surface area contributed by atoms with E-state index in [0.717, 1.165) is 5.56 Å². The van der Waals surface area contributed by atoms with Crippen LogP contribution >= 0.6 is 22.9 Å². The number of rotatable bonds is 4. The molecule has 0 unspecified atom stereocenters. The Labute approximate surface area is 141 Å². The molecule has 0 spiro atoms. The smallest absolute Gasteiger partial charge is 0.357 e. The molecule has 0 fully saturated rings. The molecule has 0 radical (unpaired) electrons. The zero-order chi connectivity index (χ0) is 16.4. The number of halogens is 1. The highest BCUT2D eigenvalue weighted by molar-refractivity contribution is 7.12. The zero-order valence-corrected chi connectivity index (χ0v) is 13.8. The molecule has 0 aliphatic heterocycles. The summed E-state index contributed by atoms with van der Waals surface area (Å²) < 4.78 is 6.42. The number of nitrogens with zero attached hydrogens (tertiary/aromatic N) is 3. The minimum atomic E-state index is -0.460.